The van der Waals surface area contributed by atoms with Crippen molar-refractivity contribution in [1.29, 1.82) is 0 Å². The van der Waals surface area contributed by atoms with Crippen LogP contribution in [-0.2, 0) is 13.6 Å². The zero-order chi connectivity index (χ0) is 24.5. The second kappa shape index (κ2) is 7.96. The summed E-state index contributed by atoms with van der Waals surface area (Å²) >= 11 is 6.66. The predicted molar refractivity (Wildman–Crippen MR) is 131 cm³/mol. The maximum atomic E-state index is 14.0. The highest BCUT2D eigenvalue weighted by atomic mass is 35.5. The van der Waals surface area contributed by atoms with Gasteiger partial charge in [0, 0.05) is 56.8 Å². The molecule has 4 heterocycles. The van der Waals surface area contributed by atoms with E-state index in [1.807, 2.05) is 4.90 Å². The average Bonchev–Trinajstić information content (AvgIpc) is 3.48. The van der Waals surface area contributed by atoms with Crippen molar-refractivity contribution < 1.29 is 8.78 Å². The van der Waals surface area contributed by atoms with E-state index in [9.17, 15) is 13.6 Å². The third kappa shape index (κ3) is 3.81. The molecule has 3 fully saturated rings. The van der Waals surface area contributed by atoms with Gasteiger partial charge in [0.1, 0.15) is 5.82 Å². The lowest BCUT2D eigenvalue weighted by atomic mass is 9.74. The highest BCUT2D eigenvalue weighted by molar-refractivity contribution is 6.37. The molecule has 2 aliphatic carbocycles. The fourth-order valence-electron chi connectivity index (χ4n) is 5.83. The Kier molecular flexibility index (Phi) is 5.20. The SMILES string of the molecule is Cn1c(N2CCC3(CC2)CC(F)(F)C[C@H]3N)nc2c(c1=O)C(c1ccnc(NC3CC3)c1Cl)=NC2. The fourth-order valence-corrected chi connectivity index (χ4v) is 6.08. The molecule has 2 aliphatic heterocycles. The van der Waals surface area contributed by atoms with Crippen LogP contribution >= 0.6 is 11.6 Å². The van der Waals surface area contributed by atoms with E-state index in [0.717, 1.165) is 12.8 Å². The molecule has 1 spiro atoms. The lowest BCUT2D eigenvalue weighted by Gasteiger charge is -2.42. The van der Waals surface area contributed by atoms with Crippen LogP contribution in [0.3, 0.4) is 0 Å². The summed E-state index contributed by atoms with van der Waals surface area (Å²) < 4.78 is 29.6. The first-order chi connectivity index (χ1) is 16.7. The molecule has 0 bridgehead atoms. The summed E-state index contributed by atoms with van der Waals surface area (Å²) in [4.78, 5) is 29.3. The van der Waals surface area contributed by atoms with E-state index in [0.29, 0.717) is 71.3 Å². The number of pyridine rings is 1. The Balaban J connectivity index is 1.27. The number of aromatic nitrogens is 3. The van der Waals surface area contributed by atoms with Gasteiger partial charge in [-0.1, -0.05) is 11.6 Å². The zero-order valence-electron chi connectivity index (χ0n) is 19.5. The summed E-state index contributed by atoms with van der Waals surface area (Å²) in [6.45, 7) is 1.35. The van der Waals surface area contributed by atoms with Crippen LogP contribution in [0.2, 0.25) is 5.02 Å². The number of nitrogens with zero attached hydrogens (tertiary/aromatic N) is 5. The van der Waals surface area contributed by atoms with Gasteiger partial charge in [-0.15, -0.1) is 0 Å². The summed E-state index contributed by atoms with van der Waals surface area (Å²) in [6.07, 6.45) is 4.55. The van der Waals surface area contributed by atoms with Gasteiger partial charge in [0.05, 0.1) is 28.5 Å². The predicted octanol–water partition coefficient (Wildman–Crippen LogP) is 3.10. The Bertz CT molecular complexity index is 1280. The molecule has 0 unspecified atom stereocenters. The zero-order valence-corrected chi connectivity index (χ0v) is 20.3. The van der Waals surface area contributed by atoms with Crippen LogP contribution in [-0.4, -0.2) is 51.3 Å². The molecule has 0 radical (unpaired) electrons. The Labute approximate surface area is 206 Å². The Hall–Kier alpha value is -2.59. The van der Waals surface area contributed by atoms with Gasteiger partial charge in [-0.25, -0.2) is 18.7 Å². The molecule has 3 N–H and O–H groups in total. The second-order valence-corrected chi connectivity index (χ2v) is 10.8. The van der Waals surface area contributed by atoms with Gasteiger partial charge in [0.2, 0.25) is 11.9 Å². The number of alkyl halides is 2. The second-order valence-electron chi connectivity index (χ2n) is 10.4. The van der Waals surface area contributed by atoms with Gasteiger partial charge in [-0.2, -0.15) is 0 Å². The Morgan fingerprint density at radius 3 is 2.66 bits per heavy atom. The Morgan fingerprint density at radius 2 is 2.00 bits per heavy atom. The third-order valence-electron chi connectivity index (χ3n) is 7.99. The van der Waals surface area contributed by atoms with Gasteiger partial charge in [-0.05, 0) is 37.2 Å². The number of rotatable bonds is 4. The normalized spacial score (nSPS) is 24.5. The summed E-state index contributed by atoms with van der Waals surface area (Å²) in [5, 5.41) is 3.77. The van der Waals surface area contributed by atoms with E-state index in [1.165, 1.54) is 4.57 Å². The molecule has 2 saturated carbocycles. The molecule has 0 aromatic carbocycles. The lowest BCUT2D eigenvalue weighted by molar-refractivity contribution is -0.00686. The van der Waals surface area contributed by atoms with Crippen molar-refractivity contribution in [3.05, 3.63) is 44.5 Å². The maximum absolute atomic E-state index is 14.0. The number of halogens is 3. The van der Waals surface area contributed by atoms with E-state index >= 15 is 0 Å². The van der Waals surface area contributed by atoms with E-state index in [1.54, 1.807) is 19.3 Å². The van der Waals surface area contributed by atoms with Gasteiger partial charge < -0.3 is 16.0 Å². The monoisotopic (exact) mass is 503 g/mol. The van der Waals surface area contributed by atoms with E-state index in [-0.39, 0.29) is 24.9 Å². The third-order valence-corrected chi connectivity index (χ3v) is 8.37. The van der Waals surface area contributed by atoms with Crippen LogP contribution < -0.4 is 21.5 Å². The quantitative estimate of drug-likeness (QED) is 0.665. The number of aliphatic imine (C=N–C) groups is 1. The first kappa shape index (κ1) is 22.8. The minimum atomic E-state index is -2.70. The summed E-state index contributed by atoms with van der Waals surface area (Å²) in [7, 11) is 1.69. The van der Waals surface area contributed by atoms with Crippen LogP contribution in [0.4, 0.5) is 20.5 Å². The first-order valence-electron chi connectivity index (χ1n) is 12.1. The van der Waals surface area contributed by atoms with Crippen molar-refractivity contribution in [3.8, 4) is 0 Å². The van der Waals surface area contributed by atoms with Crippen molar-refractivity contribution in [3.63, 3.8) is 0 Å². The minimum absolute atomic E-state index is 0.160. The molecule has 186 valence electrons. The van der Waals surface area contributed by atoms with E-state index < -0.39 is 17.4 Å². The van der Waals surface area contributed by atoms with Crippen LogP contribution in [0, 0.1) is 5.41 Å². The first-order valence-corrected chi connectivity index (χ1v) is 12.5. The average molecular weight is 504 g/mol. The molecule has 1 atom stereocenters. The minimum Gasteiger partial charge on any atom is -0.366 e. The number of hydrogen-bond donors (Lipinski definition) is 2. The highest BCUT2D eigenvalue weighted by Crippen LogP contribution is 2.52. The standard InChI is InChI=1S/C24H28ClF2N7O/c1-33-21(35)17-15(11-30-19(17)14-4-7-29-20(18(14)25)31-13-2-3-13)32-22(33)34-8-5-23(6-9-34)12-24(26,27)10-16(23)28/h4,7,13,16H,2-3,5-6,8-12,28H2,1H3,(H,29,31)/t16-/m1/s1. The molecule has 1 saturated heterocycles. The number of fused-ring (bicyclic) bond motifs is 1. The largest absolute Gasteiger partial charge is 0.366 e. The van der Waals surface area contributed by atoms with Crippen molar-refractivity contribution in [1.82, 2.24) is 14.5 Å². The molecule has 2 aromatic heterocycles. The number of nitrogens with two attached hydrogens (primary N) is 1. The van der Waals surface area contributed by atoms with Gasteiger partial charge >= 0.3 is 0 Å². The summed E-state index contributed by atoms with van der Waals surface area (Å²) in [5.41, 5.74) is 7.65. The molecule has 6 rings (SSSR count). The lowest BCUT2D eigenvalue weighted by Crippen LogP contribution is -2.48. The smallest absolute Gasteiger partial charge is 0.264 e. The van der Waals surface area contributed by atoms with Crippen molar-refractivity contribution >= 4 is 29.1 Å². The fraction of sp³-hybridized carbons (Fsp3) is 0.583. The number of hydrogen-bond acceptors (Lipinski definition) is 7. The topological polar surface area (TPSA) is 101 Å². The van der Waals surface area contributed by atoms with Crippen LogP contribution in [0.5, 0.6) is 0 Å². The summed E-state index contributed by atoms with van der Waals surface area (Å²) in [6, 6.07) is 1.66. The maximum Gasteiger partial charge on any atom is 0.264 e. The van der Waals surface area contributed by atoms with Crippen molar-refractivity contribution in [2.45, 2.75) is 63.1 Å². The van der Waals surface area contributed by atoms with Crippen LogP contribution in [0.1, 0.15) is 55.3 Å². The van der Waals surface area contributed by atoms with Crippen LogP contribution in [0.15, 0.2) is 22.1 Å². The number of anilines is 2. The molecule has 11 heteroatoms. The highest BCUT2D eigenvalue weighted by Gasteiger charge is 2.55. The van der Waals surface area contributed by atoms with Gasteiger partial charge in [0.25, 0.3) is 5.56 Å². The molecule has 8 nitrogen and oxygen atoms in total. The number of nitrogens with one attached hydrogen (secondary N) is 1. The van der Waals surface area contributed by atoms with Gasteiger partial charge in [0.15, 0.2) is 0 Å². The Morgan fingerprint density at radius 1 is 1.26 bits per heavy atom. The summed E-state index contributed by atoms with van der Waals surface area (Å²) in [5.74, 6) is -1.56. The van der Waals surface area contributed by atoms with E-state index in [4.69, 9.17) is 22.3 Å². The molecular weight excluding hydrogens is 476 g/mol. The van der Waals surface area contributed by atoms with Crippen molar-refractivity contribution in [2.75, 3.05) is 23.3 Å². The number of piperidine rings is 1. The molecule has 4 aliphatic rings. The molecule has 0 amide bonds. The van der Waals surface area contributed by atoms with Crippen LogP contribution in [0.25, 0.3) is 0 Å². The molecule has 35 heavy (non-hydrogen) atoms. The van der Waals surface area contributed by atoms with Gasteiger partial charge in [-0.3, -0.25) is 14.4 Å². The van der Waals surface area contributed by atoms with Crippen molar-refractivity contribution in [2.24, 2.45) is 23.2 Å². The molecular formula is C24H28ClF2N7O. The van der Waals surface area contributed by atoms with E-state index in [2.05, 4.69) is 15.3 Å². The molecule has 2 aromatic rings.